The molecule has 1 saturated heterocycles. The van der Waals surface area contributed by atoms with Crippen LogP contribution in [0, 0.1) is 34.5 Å². The van der Waals surface area contributed by atoms with Gasteiger partial charge in [-0.3, -0.25) is 29.0 Å². The molecule has 4 saturated carbocycles. The van der Waals surface area contributed by atoms with E-state index in [2.05, 4.69) is 15.6 Å². The molecule has 0 spiro atoms. The van der Waals surface area contributed by atoms with Crippen LogP contribution in [0.2, 0.25) is 0 Å². The van der Waals surface area contributed by atoms with E-state index in [-0.39, 0.29) is 37.7 Å². The molecule has 2 aromatic carbocycles. The molecule has 71 heavy (non-hydrogen) atoms. The Morgan fingerprint density at radius 3 is 2.35 bits per heavy atom. The van der Waals surface area contributed by atoms with Crippen molar-refractivity contribution in [1.29, 1.82) is 0 Å². The Labute approximate surface area is 412 Å². The zero-order chi connectivity index (χ0) is 50.9. The highest BCUT2D eigenvalue weighted by atomic mass is 19.1. The molecule has 15 nitrogen and oxygen atoms in total. The molecule has 2 amide bonds. The largest absolute Gasteiger partial charge is 0.461 e. The lowest BCUT2D eigenvalue weighted by molar-refractivity contribution is -0.246. The zero-order valence-corrected chi connectivity index (χ0v) is 41.4. The van der Waals surface area contributed by atoms with Crippen LogP contribution >= 0.6 is 0 Å². The summed E-state index contributed by atoms with van der Waals surface area (Å²) < 4.78 is 47.7. The second kappa shape index (κ2) is 18.3. The van der Waals surface area contributed by atoms with Gasteiger partial charge in [-0.25, -0.2) is 9.18 Å². The van der Waals surface area contributed by atoms with E-state index in [4.69, 9.17) is 23.7 Å². The van der Waals surface area contributed by atoms with Crippen LogP contribution in [0.3, 0.4) is 0 Å². The Morgan fingerprint density at radius 1 is 0.915 bits per heavy atom. The normalized spacial score (nSPS) is 32.9. The van der Waals surface area contributed by atoms with Gasteiger partial charge in [-0.1, -0.05) is 48.9 Å². The summed E-state index contributed by atoms with van der Waals surface area (Å²) >= 11 is 0. The molecule has 9 rings (SSSR count). The average molecular weight is 978 g/mol. The SMILES string of the molecule is CC(C)(C)OC(=O)NC[C@@H](C(=O)Nc1ccc2cnccc2c1)c1ccc(COC(=O)[C@H]2CC[C@@H](C(=O)OCC(=O)[C@@]34OC(C)(C)O[C@@H]3C[C@H]3[C@@H]5CCC6=CC(=O)C=C[C@]6(C)[C@@]5(F)[C@@H](O)C[C@@]34C)C2)cc1. The van der Waals surface area contributed by atoms with Gasteiger partial charge < -0.3 is 39.4 Å². The zero-order valence-electron chi connectivity index (χ0n) is 41.4. The minimum Gasteiger partial charge on any atom is -0.461 e. The molecule has 16 heteroatoms. The van der Waals surface area contributed by atoms with E-state index < -0.39 is 106 Å². The van der Waals surface area contributed by atoms with E-state index >= 15 is 4.39 Å². The van der Waals surface area contributed by atoms with Crippen LogP contribution in [0.4, 0.5) is 14.9 Å². The number of allylic oxidation sites excluding steroid dienone is 4. The number of alkyl halides is 1. The predicted molar refractivity (Wildman–Crippen MR) is 257 cm³/mol. The second-order valence-electron chi connectivity index (χ2n) is 22.3. The number of aliphatic hydroxyl groups is 1. The molecule has 1 aliphatic heterocycles. The van der Waals surface area contributed by atoms with Crippen LogP contribution in [-0.4, -0.2) is 93.6 Å². The number of rotatable bonds is 12. The molecule has 3 N–H and O–H groups in total. The van der Waals surface area contributed by atoms with Gasteiger partial charge in [0.15, 0.2) is 29.4 Å². The first-order valence-corrected chi connectivity index (χ1v) is 24.7. The molecule has 0 bridgehead atoms. The van der Waals surface area contributed by atoms with E-state index in [0.717, 1.165) is 10.8 Å². The second-order valence-corrected chi connectivity index (χ2v) is 22.3. The number of benzene rings is 2. The molecule has 6 aliphatic rings. The molecule has 0 radical (unpaired) electrons. The maximum absolute atomic E-state index is 17.9. The van der Waals surface area contributed by atoms with Gasteiger partial charge in [0.25, 0.3) is 0 Å². The topological polar surface area (TPSA) is 206 Å². The van der Waals surface area contributed by atoms with Crippen molar-refractivity contribution in [3.8, 4) is 0 Å². The number of anilines is 1. The number of ether oxygens (including phenoxy) is 5. The van der Waals surface area contributed by atoms with Crippen LogP contribution in [-0.2, 0) is 54.3 Å². The minimum atomic E-state index is -2.11. The van der Waals surface area contributed by atoms with Crippen molar-refractivity contribution in [1.82, 2.24) is 10.3 Å². The fourth-order valence-corrected chi connectivity index (χ4v) is 13.0. The molecule has 2 heterocycles. The maximum atomic E-state index is 17.9. The van der Waals surface area contributed by atoms with Gasteiger partial charge in [0.1, 0.15) is 12.2 Å². The summed E-state index contributed by atoms with van der Waals surface area (Å²) in [4.78, 5) is 84.5. The number of alkyl carbamates (subject to hydrolysis) is 1. The number of nitrogens with one attached hydrogen (secondary N) is 2. The van der Waals surface area contributed by atoms with E-state index in [9.17, 15) is 33.9 Å². The molecule has 378 valence electrons. The van der Waals surface area contributed by atoms with Crippen LogP contribution in [0.5, 0.6) is 0 Å². The summed E-state index contributed by atoms with van der Waals surface area (Å²) in [5.74, 6) is -6.55. The number of aliphatic hydroxyl groups excluding tert-OH is 1. The van der Waals surface area contributed by atoms with E-state index in [0.29, 0.717) is 54.5 Å². The predicted octanol–water partition coefficient (Wildman–Crippen LogP) is 7.92. The van der Waals surface area contributed by atoms with Crippen LogP contribution < -0.4 is 10.6 Å². The smallest absolute Gasteiger partial charge is 0.407 e. The van der Waals surface area contributed by atoms with Crippen molar-refractivity contribution in [2.75, 3.05) is 18.5 Å². The number of aromatic nitrogens is 1. The molecular weight excluding hydrogens is 914 g/mol. The molecule has 0 unspecified atom stereocenters. The van der Waals surface area contributed by atoms with Crippen molar-refractivity contribution >= 4 is 52.0 Å². The summed E-state index contributed by atoms with van der Waals surface area (Å²) in [7, 11) is 0. The van der Waals surface area contributed by atoms with Gasteiger partial charge >= 0.3 is 18.0 Å². The Bertz CT molecular complexity index is 2710. The van der Waals surface area contributed by atoms with Gasteiger partial charge in [0.05, 0.1) is 30.0 Å². The van der Waals surface area contributed by atoms with Crippen molar-refractivity contribution in [3.63, 3.8) is 0 Å². The van der Waals surface area contributed by atoms with Crippen molar-refractivity contribution in [2.45, 2.75) is 141 Å². The number of carbonyl (C=O) groups excluding carboxylic acids is 6. The standard InChI is InChI=1S/C55H64FN3O12/c1-50(2,3)70-49(66)58-28-40(46(63)59-38-16-14-36-27-57-21-19-33(36)23-38)32-10-8-31(9-11-32)29-67-47(64)34-12-13-35(22-34)48(65)68-30-44(62)55-45(69-51(4,5)71-55)25-42-41-17-15-37-24-39(60)18-20-52(37,6)54(41,56)43(61)26-53(42,55)7/h8-11,14,16,18-21,23-24,27,34-35,40-43,45,61H,12-13,15,17,22,25-26,28-30H2,1-7H3,(H,58,66)(H,59,63)/t34-,35+,40+,41-,42-,43-,45+,52-,53-,54-,55+/m0/s1. The maximum Gasteiger partial charge on any atom is 0.407 e. The highest BCUT2D eigenvalue weighted by molar-refractivity contribution is 6.01. The number of pyridine rings is 1. The van der Waals surface area contributed by atoms with Gasteiger partial charge in [-0.15, -0.1) is 0 Å². The number of esters is 2. The fraction of sp³-hybridized carbons (Fsp3) is 0.545. The van der Waals surface area contributed by atoms with Crippen LogP contribution in [0.25, 0.3) is 10.8 Å². The summed E-state index contributed by atoms with van der Waals surface area (Å²) in [6.07, 6.45) is 6.80. The number of Topliss-reactive ketones (excluding diaryl/α,β-unsaturated/α-hetero) is 1. The van der Waals surface area contributed by atoms with Crippen LogP contribution in [0.1, 0.15) is 110 Å². The lowest BCUT2D eigenvalue weighted by Crippen LogP contribution is -2.70. The highest BCUT2D eigenvalue weighted by Gasteiger charge is 2.80. The Kier molecular flexibility index (Phi) is 12.9. The summed E-state index contributed by atoms with van der Waals surface area (Å²) in [5.41, 5.74) is -4.30. The summed E-state index contributed by atoms with van der Waals surface area (Å²) in [6.45, 7) is 11.5. The summed E-state index contributed by atoms with van der Waals surface area (Å²) in [5, 5.41) is 19.4. The number of amides is 2. The van der Waals surface area contributed by atoms with Gasteiger partial charge in [-0.2, -0.15) is 0 Å². The first-order chi connectivity index (χ1) is 33.5. The van der Waals surface area contributed by atoms with E-state index in [1.165, 1.54) is 12.2 Å². The molecule has 11 atom stereocenters. The number of nitrogens with zero attached hydrogens (tertiary/aromatic N) is 1. The average Bonchev–Trinajstić information content (AvgIpc) is 3.98. The van der Waals surface area contributed by atoms with Crippen molar-refractivity contribution in [3.05, 3.63) is 95.9 Å². The minimum absolute atomic E-state index is 0.0543. The fourth-order valence-electron chi connectivity index (χ4n) is 13.0. The molecule has 3 aromatic rings. The van der Waals surface area contributed by atoms with E-state index in [1.807, 2.05) is 25.1 Å². The van der Waals surface area contributed by atoms with Crippen molar-refractivity contribution in [2.24, 2.45) is 34.5 Å². The number of ketones is 2. The number of hydrogen-bond donors (Lipinski definition) is 3. The Morgan fingerprint density at radius 2 is 1.63 bits per heavy atom. The molecule has 5 aliphatic carbocycles. The first-order valence-electron chi connectivity index (χ1n) is 24.7. The number of halogens is 1. The van der Waals surface area contributed by atoms with Crippen LogP contribution in [0.15, 0.2) is 84.7 Å². The molecule has 5 fully saturated rings. The number of fused-ring (bicyclic) bond motifs is 8. The quantitative estimate of drug-likeness (QED) is 0.117. The lowest BCUT2D eigenvalue weighted by Gasteiger charge is -2.62. The summed E-state index contributed by atoms with van der Waals surface area (Å²) in [6, 6.07) is 14.3. The third-order valence-electron chi connectivity index (χ3n) is 16.3. The Hall–Kier alpha value is -5.84. The Balaban J connectivity index is 0.808. The monoisotopic (exact) mass is 977 g/mol. The van der Waals surface area contributed by atoms with Gasteiger partial charge in [0, 0.05) is 46.8 Å². The highest BCUT2D eigenvalue weighted by Crippen LogP contribution is 2.72. The lowest BCUT2D eigenvalue weighted by atomic mass is 9.44. The van der Waals surface area contributed by atoms with E-state index in [1.54, 1.807) is 90.3 Å². The van der Waals surface area contributed by atoms with Crippen molar-refractivity contribution < 1.29 is 61.9 Å². The third-order valence-corrected chi connectivity index (χ3v) is 16.3. The van der Waals surface area contributed by atoms with Gasteiger partial charge in [-0.05, 0) is 139 Å². The molecular formula is C55H64FN3O12. The number of hydrogen-bond acceptors (Lipinski definition) is 13. The van der Waals surface area contributed by atoms with Gasteiger partial charge in [0.2, 0.25) is 11.7 Å². The first kappa shape index (κ1) is 50.1. The molecule has 1 aromatic heterocycles. The number of carbonyl (C=O) groups is 6. The third kappa shape index (κ3) is 8.98.